The molecule has 0 unspecified atom stereocenters. The van der Waals surface area contributed by atoms with Gasteiger partial charge in [-0.1, -0.05) is 42.5 Å². The van der Waals surface area contributed by atoms with Gasteiger partial charge in [-0.2, -0.15) is 0 Å². The van der Waals surface area contributed by atoms with Crippen LogP contribution in [0.5, 0.6) is 5.75 Å². The van der Waals surface area contributed by atoms with Crippen LogP contribution in [0.3, 0.4) is 0 Å². The number of ether oxygens (including phenoxy) is 1. The van der Waals surface area contributed by atoms with Crippen molar-refractivity contribution in [3.63, 3.8) is 0 Å². The zero-order valence-electron chi connectivity index (χ0n) is 14.7. The highest BCUT2D eigenvalue weighted by Crippen LogP contribution is 2.27. The molecule has 3 rings (SSSR count). The van der Waals surface area contributed by atoms with Crippen LogP contribution in [0.15, 0.2) is 54.6 Å². The van der Waals surface area contributed by atoms with Gasteiger partial charge in [-0.05, 0) is 42.5 Å². The van der Waals surface area contributed by atoms with E-state index in [-0.39, 0.29) is 12.5 Å². The first-order valence-corrected chi connectivity index (χ1v) is 8.27. The van der Waals surface area contributed by atoms with Crippen LogP contribution in [0.1, 0.15) is 21.5 Å². The number of para-hydroxylation sites is 1. The summed E-state index contributed by atoms with van der Waals surface area (Å²) in [6.07, 6.45) is 0. The molecule has 0 saturated heterocycles. The Labute approximate surface area is 151 Å². The van der Waals surface area contributed by atoms with Crippen LogP contribution in [0.25, 0.3) is 10.8 Å². The van der Waals surface area contributed by atoms with Gasteiger partial charge in [0.05, 0.1) is 0 Å². The molecule has 0 fully saturated rings. The molecule has 0 radical (unpaired) electrons. The lowest BCUT2D eigenvalue weighted by Gasteiger charge is -2.13. The Morgan fingerprint density at radius 1 is 1.00 bits per heavy atom. The van der Waals surface area contributed by atoms with Gasteiger partial charge >= 0.3 is 0 Å². The Kier molecular flexibility index (Phi) is 4.89. The molecule has 0 aromatic heterocycles. The van der Waals surface area contributed by atoms with Crippen molar-refractivity contribution < 1.29 is 14.3 Å². The van der Waals surface area contributed by atoms with Gasteiger partial charge in [-0.15, -0.1) is 0 Å². The molecule has 0 heterocycles. The van der Waals surface area contributed by atoms with Crippen LogP contribution in [-0.4, -0.2) is 18.4 Å². The first-order valence-electron chi connectivity index (χ1n) is 8.27. The Hall–Kier alpha value is -3.34. The predicted molar refractivity (Wildman–Crippen MR) is 103 cm³/mol. The number of anilines is 1. The summed E-state index contributed by atoms with van der Waals surface area (Å²) < 4.78 is 5.70. The summed E-state index contributed by atoms with van der Waals surface area (Å²) in [5.41, 5.74) is 8.49. The molecule has 0 saturated carbocycles. The number of carbonyl (C=O) groups excluding carboxylic acids is 2. The summed E-state index contributed by atoms with van der Waals surface area (Å²) >= 11 is 0. The normalized spacial score (nSPS) is 10.5. The van der Waals surface area contributed by atoms with E-state index in [0.29, 0.717) is 11.3 Å². The lowest BCUT2D eigenvalue weighted by molar-refractivity contribution is -0.118. The number of fused-ring (bicyclic) bond motifs is 1. The lowest BCUT2D eigenvalue weighted by Crippen LogP contribution is -2.21. The zero-order chi connectivity index (χ0) is 18.7. The smallest absolute Gasteiger partial charge is 0.262 e. The molecular weight excluding hydrogens is 328 g/mol. The second-order valence-corrected chi connectivity index (χ2v) is 6.16. The minimum Gasteiger partial charge on any atom is -0.483 e. The van der Waals surface area contributed by atoms with Crippen molar-refractivity contribution >= 4 is 28.3 Å². The van der Waals surface area contributed by atoms with Crippen molar-refractivity contribution in [1.82, 2.24) is 0 Å². The lowest BCUT2D eigenvalue weighted by atomic mass is 10.1. The van der Waals surface area contributed by atoms with Crippen molar-refractivity contribution in [3.05, 3.63) is 71.3 Å². The number of amides is 2. The molecule has 3 aromatic carbocycles. The van der Waals surface area contributed by atoms with E-state index in [4.69, 9.17) is 10.5 Å². The molecule has 0 bridgehead atoms. The molecule has 26 heavy (non-hydrogen) atoms. The molecule has 2 amide bonds. The molecule has 0 aliphatic carbocycles. The maximum absolute atomic E-state index is 12.3. The van der Waals surface area contributed by atoms with Crippen molar-refractivity contribution in [1.29, 1.82) is 0 Å². The van der Waals surface area contributed by atoms with Gasteiger partial charge in [0.15, 0.2) is 6.61 Å². The van der Waals surface area contributed by atoms with E-state index in [1.54, 1.807) is 12.1 Å². The second-order valence-electron chi connectivity index (χ2n) is 6.16. The van der Waals surface area contributed by atoms with E-state index in [9.17, 15) is 9.59 Å². The molecule has 5 heteroatoms. The summed E-state index contributed by atoms with van der Waals surface area (Å²) in [6.45, 7) is 3.71. The van der Waals surface area contributed by atoms with Crippen LogP contribution in [0.4, 0.5) is 5.69 Å². The summed E-state index contributed by atoms with van der Waals surface area (Å²) in [6, 6.07) is 16.6. The summed E-state index contributed by atoms with van der Waals surface area (Å²) in [7, 11) is 0. The van der Waals surface area contributed by atoms with E-state index in [2.05, 4.69) is 5.32 Å². The van der Waals surface area contributed by atoms with Crippen LogP contribution >= 0.6 is 0 Å². The van der Waals surface area contributed by atoms with Crippen LogP contribution < -0.4 is 15.8 Å². The highest BCUT2D eigenvalue weighted by molar-refractivity contribution is 6.00. The molecule has 132 valence electrons. The minimum atomic E-state index is -0.541. The van der Waals surface area contributed by atoms with E-state index in [1.165, 1.54) is 0 Å². The third kappa shape index (κ3) is 3.67. The van der Waals surface area contributed by atoms with Gasteiger partial charge in [0.1, 0.15) is 5.75 Å². The fourth-order valence-electron chi connectivity index (χ4n) is 2.87. The average Bonchev–Trinajstić information content (AvgIpc) is 2.62. The summed E-state index contributed by atoms with van der Waals surface area (Å²) in [4.78, 5) is 23.9. The Balaban J connectivity index is 1.81. The van der Waals surface area contributed by atoms with Crippen LogP contribution in [0.2, 0.25) is 0 Å². The number of carbonyl (C=O) groups is 2. The third-order valence-corrected chi connectivity index (χ3v) is 4.21. The molecule has 0 spiro atoms. The number of aryl methyl sites for hydroxylation is 2. The van der Waals surface area contributed by atoms with Gasteiger partial charge in [0.2, 0.25) is 5.91 Å². The highest BCUT2D eigenvalue weighted by Gasteiger charge is 2.12. The number of rotatable bonds is 5. The molecule has 5 nitrogen and oxygen atoms in total. The molecular formula is C21H20N2O3. The second kappa shape index (κ2) is 7.27. The fourth-order valence-corrected chi connectivity index (χ4v) is 2.87. The van der Waals surface area contributed by atoms with E-state index < -0.39 is 5.91 Å². The molecule has 3 N–H and O–H groups in total. The SMILES string of the molecule is Cc1cccc(C)c1NC(=O)COc1cc(C(N)=O)cc2ccccc12. The van der Waals surface area contributed by atoms with Gasteiger partial charge in [-0.25, -0.2) is 0 Å². The Bertz CT molecular complexity index is 975. The highest BCUT2D eigenvalue weighted by atomic mass is 16.5. The number of benzene rings is 3. The Morgan fingerprint density at radius 2 is 1.69 bits per heavy atom. The average molecular weight is 348 g/mol. The topological polar surface area (TPSA) is 81.4 Å². The van der Waals surface area contributed by atoms with Crippen molar-refractivity contribution in [3.8, 4) is 5.75 Å². The monoisotopic (exact) mass is 348 g/mol. The Morgan fingerprint density at radius 3 is 2.38 bits per heavy atom. The quantitative estimate of drug-likeness (QED) is 0.739. The first-order chi connectivity index (χ1) is 12.5. The largest absolute Gasteiger partial charge is 0.483 e. The maximum Gasteiger partial charge on any atom is 0.262 e. The van der Waals surface area contributed by atoms with Gasteiger partial charge in [0, 0.05) is 16.6 Å². The van der Waals surface area contributed by atoms with Gasteiger partial charge in [-0.3, -0.25) is 9.59 Å². The van der Waals surface area contributed by atoms with E-state index in [1.807, 2.05) is 56.3 Å². The zero-order valence-corrected chi connectivity index (χ0v) is 14.7. The maximum atomic E-state index is 12.3. The summed E-state index contributed by atoms with van der Waals surface area (Å²) in [5.74, 6) is -0.356. The van der Waals surface area contributed by atoms with Crippen LogP contribution in [-0.2, 0) is 4.79 Å². The predicted octanol–water partition coefficient (Wildman–Crippen LogP) is 3.57. The first kappa shape index (κ1) is 17.5. The third-order valence-electron chi connectivity index (χ3n) is 4.21. The number of hydrogen-bond donors (Lipinski definition) is 2. The minimum absolute atomic E-state index is 0.167. The molecule has 0 aliphatic heterocycles. The molecule has 3 aromatic rings. The van der Waals surface area contributed by atoms with Crippen molar-refractivity contribution in [2.45, 2.75) is 13.8 Å². The van der Waals surface area contributed by atoms with Gasteiger partial charge in [0.25, 0.3) is 5.91 Å². The number of nitrogens with two attached hydrogens (primary N) is 1. The number of primary amides is 1. The van der Waals surface area contributed by atoms with Crippen LogP contribution in [0, 0.1) is 13.8 Å². The summed E-state index contributed by atoms with van der Waals surface area (Å²) in [5, 5.41) is 4.52. The van der Waals surface area contributed by atoms with E-state index >= 15 is 0 Å². The van der Waals surface area contributed by atoms with Gasteiger partial charge < -0.3 is 15.8 Å². The van der Waals surface area contributed by atoms with E-state index in [0.717, 1.165) is 27.6 Å². The number of hydrogen-bond acceptors (Lipinski definition) is 3. The van der Waals surface area contributed by atoms with Crippen molar-refractivity contribution in [2.75, 3.05) is 11.9 Å². The van der Waals surface area contributed by atoms with Crippen molar-refractivity contribution in [2.24, 2.45) is 5.73 Å². The molecule has 0 aliphatic rings. The molecule has 0 atom stereocenters. The number of nitrogens with one attached hydrogen (secondary N) is 1. The fraction of sp³-hybridized carbons (Fsp3) is 0.143. The standard InChI is InChI=1S/C21H20N2O3/c1-13-6-5-7-14(2)20(13)23-19(24)12-26-18-11-16(21(22)25)10-15-8-3-4-9-17(15)18/h3-11H,12H2,1-2H3,(H2,22,25)(H,23,24).